The van der Waals surface area contributed by atoms with Gasteiger partial charge in [0.25, 0.3) is 0 Å². The lowest BCUT2D eigenvalue weighted by molar-refractivity contribution is -0.387. The third-order valence-corrected chi connectivity index (χ3v) is 11.9. The number of aliphatic hydroxyl groups is 9. The number of rotatable bonds is 14. The Bertz CT molecular complexity index is 1400. The number of ether oxygens (including phenoxy) is 10. The SMILES string of the molecule is CCCO[C@@H]1OC(C)[C@H](O)[C@H](C)C1O[C@@H]1OC(CO)[C@H](O)[C@H](O[C@@H]2OC(C(=O)O)[C@H](O[C@@H]3O[C@@H](C)[C@H](O)C(O)C3O[C@@H]3O[C@@H](C)[C@H](C)C(O)C3O)[C@H](O)C2O)C1NC(C)=O. The fraction of sp³-hybridized carbons (Fsp3) is 0.946. The van der Waals surface area contributed by atoms with E-state index in [0.29, 0.717) is 6.42 Å². The predicted molar refractivity (Wildman–Crippen MR) is 195 cm³/mol. The first-order chi connectivity index (χ1) is 28.2. The standard InChI is InChI=1S/C37H63NO22/c1-8-9-51-36-27(12(3)19(41)14(5)53-36)56-33-18(38-16(7)40)28(22(44)17(10-39)55-33)57-35-26(48)24(46)29(31(60-35)32(49)50)58-37-30(23(45)21(43)15(6)54-37)59-34-25(47)20(42)11(2)13(4)52-34/h11-15,17-31,33-37,39,41-48H,8-10H2,1-7H3,(H,38,40)(H,49,50)/t11-,12-,13-,14?,15-,17?,18?,19+,20?,21-,22-,23?,24+,25?,26?,27?,28+,29+,30?,31?,33-,34-,35+,36+,37-/m0/s1. The summed E-state index contributed by atoms with van der Waals surface area (Å²) in [5.74, 6) is -3.61. The van der Waals surface area contributed by atoms with Crippen LogP contribution in [0.4, 0.5) is 0 Å². The lowest BCUT2D eigenvalue weighted by atomic mass is 9.90. The van der Waals surface area contributed by atoms with Crippen LogP contribution in [0.5, 0.6) is 0 Å². The van der Waals surface area contributed by atoms with Gasteiger partial charge in [-0.25, -0.2) is 4.79 Å². The molecule has 0 aromatic rings. The van der Waals surface area contributed by atoms with Gasteiger partial charge in [0.1, 0.15) is 73.2 Å². The summed E-state index contributed by atoms with van der Waals surface area (Å²) in [6.45, 7) is 10.3. The Labute approximate surface area is 346 Å². The average Bonchev–Trinajstić information content (AvgIpc) is 3.20. The maximum Gasteiger partial charge on any atom is 0.335 e. The minimum absolute atomic E-state index is 0.252. The molecule has 23 heteroatoms. The summed E-state index contributed by atoms with van der Waals surface area (Å²) in [5, 5.41) is 111. The van der Waals surface area contributed by atoms with Crippen molar-refractivity contribution < 1.29 is 108 Å². The molecule has 10 unspecified atom stereocenters. The molecule has 5 heterocycles. The van der Waals surface area contributed by atoms with Crippen LogP contribution in [0, 0.1) is 11.8 Å². The first-order valence-corrected chi connectivity index (χ1v) is 20.3. The molecular weight excluding hydrogens is 810 g/mol. The van der Waals surface area contributed by atoms with Crippen LogP contribution in [0.1, 0.15) is 54.9 Å². The highest BCUT2D eigenvalue weighted by Crippen LogP contribution is 2.37. The maximum atomic E-state index is 12.7. The van der Waals surface area contributed by atoms with Gasteiger partial charge in [-0.05, 0) is 27.2 Å². The van der Waals surface area contributed by atoms with Gasteiger partial charge < -0.3 is 104 Å². The third kappa shape index (κ3) is 10.4. The van der Waals surface area contributed by atoms with Crippen molar-refractivity contribution in [2.24, 2.45) is 11.8 Å². The molecule has 5 aliphatic heterocycles. The molecule has 0 aromatic heterocycles. The van der Waals surface area contributed by atoms with E-state index in [9.17, 15) is 60.7 Å². The number of amides is 1. The number of carboxylic acid groups (broad SMARTS) is 1. The number of hydrogen-bond acceptors (Lipinski definition) is 21. The topological polar surface area (TPSA) is 341 Å². The Morgan fingerprint density at radius 2 is 1.08 bits per heavy atom. The van der Waals surface area contributed by atoms with Gasteiger partial charge in [-0.1, -0.05) is 20.8 Å². The average molecular weight is 874 g/mol. The van der Waals surface area contributed by atoms with Crippen LogP contribution in [0.2, 0.25) is 0 Å². The van der Waals surface area contributed by atoms with Gasteiger partial charge in [-0.3, -0.25) is 4.79 Å². The number of nitrogens with one attached hydrogen (secondary N) is 1. The molecule has 0 aliphatic carbocycles. The Hall–Kier alpha value is -1.82. The lowest BCUT2D eigenvalue weighted by Crippen LogP contribution is -2.70. The van der Waals surface area contributed by atoms with Gasteiger partial charge in [0.05, 0.1) is 37.1 Å². The molecule has 60 heavy (non-hydrogen) atoms. The number of aliphatic carboxylic acids is 1. The zero-order chi connectivity index (χ0) is 44.5. The highest BCUT2D eigenvalue weighted by molar-refractivity contribution is 5.74. The van der Waals surface area contributed by atoms with Crippen LogP contribution in [-0.2, 0) is 57.0 Å². The Morgan fingerprint density at radius 3 is 1.70 bits per heavy atom. The fourth-order valence-corrected chi connectivity index (χ4v) is 7.98. The van der Waals surface area contributed by atoms with E-state index in [4.69, 9.17) is 47.4 Å². The second kappa shape index (κ2) is 20.8. The van der Waals surface area contributed by atoms with Gasteiger partial charge in [0.2, 0.25) is 5.91 Å². The second-order valence-corrected chi connectivity index (χ2v) is 16.3. The van der Waals surface area contributed by atoms with Crippen molar-refractivity contribution in [3.8, 4) is 0 Å². The highest BCUT2D eigenvalue weighted by Gasteiger charge is 2.57. The molecule has 0 aromatic carbocycles. The third-order valence-electron chi connectivity index (χ3n) is 11.9. The van der Waals surface area contributed by atoms with Crippen LogP contribution >= 0.6 is 0 Å². The molecule has 23 nitrogen and oxygen atoms in total. The highest BCUT2D eigenvalue weighted by atomic mass is 16.8. The first-order valence-electron chi connectivity index (χ1n) is 20.3. The van der Waals surface area contributed by atoms with E-state index < -0.39 is 172 Å². The van der Waals surface area contributed by atoms with Crippen molar-refractivity contribution >= 4 is 11.9 Å². The summed E-state index contributed by atoms with van der Waals surface area (Å²) >= 11 is 0. The summed E-state index contributed by atoms with van der Waals surface area (Å²) < 4.78 is 58.6. The molecule has 25 atom stereocenters. The van der Waals surface area contributed by atoms with E-state index in [-0.39, 0.29) is 6.61 Å². The van der Waals surface area contributed by atoms with E-state index in [2.05, 4.69) is 5.32 Å². The van der Waals surface area contributed by atoms with E-state index in [1.807, 2.05) is 6.92 Å². The quantitative estimate of drug-likeness (QED) is 0.0782. The van der Waals surface area contributed by atoms with Crippen LogP contribution in [0.3, 0.4) is 0 Å². The smallest absolute Gasteiger partial charge is 0.335 e. The van der Waals surface area contributed by atoms with Gasteiger partial charge in [-0.2, -0.15) is 0 Å². The number of carbonyl (C=O) groups excluding carboxylic acids is 1. The van der Waals surface area contributed by atoms with Gasteiger partial charge in [-0.15, -0.1) is 0 Å². The van der Waals surface area contributed by atoms with Gasteiger partial charge >= 0.3 is 5.97 Å². The molecular formula is C37H63NO22. The summed E-state index contributed by atoms with van der Waals surface area (Å²) in [4.78, 5) is 25.3. The molecule has 0 bridgehead atoms. The zero-order valence-electron chi connectivity index (χ0n) is 34.4. The molecule has 5 saturated heterocycles. The van der Waals surface area contributed by atoms with Crippen LogP contribution in [0.15, 0.2) is 0 Å². The molecule has 5 aliphatic rings. The molecule has 0 saturated carbocycles. The zero-order valence-corrected chi connectivity index (χ0v) is 34.4. The minimum atomic E-state index is -2.19. The van der Waals surface area contributed by atoms with Crippen molar-refractivity contribution in [2.45, 2.75) is 196 Å². The van der Waals surface area contributed by atoms with Gasteiger partial charge in [0.15, 0.2) is 37.6 Å². The van der Waals surface area contributed by atoms with Crippen LogP contribution in [0.25, 0.3) is 0 Å². The Kier molecular flexibility index (Phi) is 17.0. The Balaban J connectivity index is 1.39. The normalized spacial score (nSPS) is 50.2. The van der Waals surface area contributed by atoms with Crippen molar-refractivity contribution in [3.05, 3.63) is 0 Å². The molecule has 11 N–H and O–H groups in total. The van der Waals surface area contributed by atoms with Crippen molar-refractivity contribution in [3.63, 3.8) is 0 Å². The van der Waals surface area contributed by atoms with Crippen molar-refractivity contribution in [2.75, 3.05) is 13.2 Å². The van der Waals surface area contributed by atoms with Gasteiger partial charge in [0, 0.05) is 25.4 Å². The minimum Gasteiger partial charge on any atom is -0.479 e. The molecule has 5 rings (SSSR count). The monoisotopic (exact) mass is 873 g/mol. The summed E-state index contributed by atoms with van der Waals surface area (Å²) in [6, 6.07) is -1.48. The van der Waals surface area contributed by atoms with E-state index in [0.717, 1.165) is 6.92 Å². The fourth-order valence-electron chi connectivity index (χ4n) is 7.98. The number of carbonyl (C=O) groups is 2. The van der Waals surface area contributed by atoms with Crippen LogP contribution < -0.4 is 5.32 Å². The van der Waals surface area contributed by atoms with Crippen LogP contribution in [-0.4, -0.2) is 217 Å². The molecule has 1 amide bonds. The summed E-state index contributed by atoms with van der Waals surface area (Å²) in [6.07, 6.45) is -33.7. The van der Waals surface area contributed by atoms with Crippen molar-refractivity contribution in [1.82, 2.24) is 5.32 Å². The van der Waals surface area contributed by atoms with E-state index in [1.54, 1.807) is 27.7 Å². The summed E-state index contributed by atoms with van der Waals surface area (Å²) in [7, 11) is 0. The molecule has 0 radical (unpaired) electrons. The largest absolute Gasteiger partial charge is 0.479 e. The summed E-state index contributed by atoms with van der Waals surface area (Å²) in [5.41, 5.74) is 0. The second-order valence-electron chi connectivity index (χ2n) is 16.3. The predicted octanol–water partition coefficient (Wildman–Crippen LogP) is -4.62. The van der Waals surface area contributed by atoms with E-state index in [1.165, 1.54) is 6.92 Å². The number of carboxylic acids is 1. The number of aliphatic hydroxyl groups excluding tert-OH is 9. The Morgan fingerprint density at radius 1 is 0.550 bits per heavy atom. The molecule has 348 valence electrons. The maximum absolute atomic E-state index is 12.7. The molecule has 0 spiro atoms. The molecule has 5 fully saturated rings. The van der Waals surface area contributed by atoms with E-state index >= 15 is 0 Å². The first kappa shape index (κ1) is 49.2. The number of hydrogen-bond donors (Lipinski definition) is 11. The van der Waals surface area contributed by atoms with Crippen molar-refractivity contribution in [1.29, 1.82) is 0 Å². The lowest BCUT2D eigenvalue weighted by Gasteiger charge is -2.50.